The van der Waals surface area contributed by atoms with Crippen LogP contribution in [0.15, 0.2) is 24.3 Å². The van der Waals surface area contributed by atoms with Crippen LogP contribution < -0.4 is 0 Å². The van der Waals surface area contributed by atoms with Gasteiger partial charge in [-0.25, -0.2) is 9.37 Å². The molecule has 0 aliphatic carbocycles. The number of benzene rings is 1. The normalized spacial score (nSPS) is 18.2. The zero-order valence-corrected chi connectivity index (χ0v) is 14.0. The highest BCUT2D eigenvalue weighted by Crippen LogP contribution is 2.23. The summed E-state index contributed by atoms with van der Waals surface area (Å²) >= 11 is 1.42. The molecule has 1 saturated heterocycles. The number of carbonyl (C=O) groups is 1. The maximum absolute atomic E-state index is 13.0. The Labute approximate surface area is 138 Å². The van der Waals surface area contributed by atoms with Crippen LogP contribution in [0.4, 0.5) is 4.39 Å². The molecule has 0 N–H and O–H groups in total. The van der Waals surface area contributed by atoms with Crippen molar-refractivity contribution in [2.45, 2.75) is 26.4 Å². The second kappa shape index (κ2) is 6.76. The molecule has 0 saturated carbocycles. The average Bonchev–Trinajstić information content (AvgIpc) is 2.89. The number of amides is 1. The minimum atomic E-state index is -0.249. The summed E-state index contributed by atoms with van der Waals surface area (Å²) in [5.74, 6) is -0.220. The van der Waals surface area contributed by atoms with Gasteiger partial charge in [0.1, 0.15) is 10.7 Å². The fourth-order valence-electron chi connectivity index (χ4n) is 2.65. The van der Waals surface area contributed by atoms with Crippen molar-refractivity contribution in [1.82, 2.24) is 9.88 Å². The van der Waals surface area contributed by atoms with Gasteiger partial charge in [-0.2, -0.15) is 0 Å². The van der Waals surface area contributed by atoms with E-state index < -0.39 is 0 Å². The van der Waals surface area contributed by atoms with Gasteiger partial charge in [0.25, 0.3) is 5.91 Å². The van der Waals surface area contributed by atoms with Gasteiger partial charge in [-0.3, -0.25) is 4.79 Å². The first-order valence-electron chi connectivity index (χ1n) is 7.64. The summed E-state index contributed by atoms with van der Waals surface area (Å²) in [6.45, 7) is 5.64. The van der Waals surface area contributed by atoms with Crippen molar-refractivity contribution in [3.8, 4) is 0 Å². The van der Waals surface area contributed by atoms with Crippen molar-refractivity contribution in [3.63, 3.8) is 0 Å². The van der Waals surface area contributed by atoms with E-state index in [-0.39, 0.29) is 17.8 Å². The van der Waals surface area contributed by atoms with E-state index in [1.165, 1.54) is 23.5 Å². The Hall–Kier alpha value is -1.79. The monoisotopic (exact) mass is 334 g/mol. The van der Waals surface area contributed by atoms with Crippen LogP contribution >= 0.6 is 11.3 Å². The number of morpholine rings is 1. The Morgan fingerprint density at radius 3 is 2.87 bits per heavy atom. The van der Waals surface area contributed by atoms with Crippen LogP contribution in [0.1, 0.15) is 32.9 Å². The lowest BCUT2D eigenvalue weighted by molar-refractivity contribution is -0.0122. The summed E-state index contributed by atoms with van der Waals surface area (Å²) in [6.07, 6.45) is 0.679. The van der Waals surface area contributed by atoms with Crippen LogP contribution in [0.3, 0.4) is 0 Å². The van der Waals surface area contributed by atoms with Gasteiger partial charge in [-0.1, -0.05) is 12.1 Å². The van der Waals surface area contributed by atoms with Crippen LogP contribution in [0.25, 0.3) is 0 Å². The molecular weight excluding hydrogens is 315 g/mol. The topological polar surface area (TPSA) is 42.4 Å². The molecule has 122 valence electrons. The molecule has 0 spiro atoms. The van der Waals surface area contributed by atoms with Gasteiger partial charge in [0.2, 0.25) is 0 Å². The minimum Gasteiger partial charge on any atom is -0.375 e. The largest absolute Gasteiger partial charge is 0.375 e. The third-order valence-corrected chi connectivity index (χ3v) is 4.98. The molecule has 23 heavy (non-hydrogen) atoms. The summed E-state index contributed by atoms with van der Waals surface area (Å²) < 4.78 is 18.4. The Morgan fingerprint density at radius 2 is 2.17 bits per heavy atom. The molecule has 0 unspecified atom stereocenters. The fraction of sp³-hybridized carbons (Fsp3) is 0.412. The minimum absolute atomic E-state index is 0.0282. The Morgan fingerprint density at radius 1 is 1.43 bits per heavy atom. The van der Waals surface area contributed by atoms with E-state index in [9.17, 15) is 9.18 Å². The van der Waals surface area contributed by atoms with Crippen molar-refractivity contribution in [2.24, 2.45) is 0 Å². The molecule has 0 radical (unpaired) electrons. The van der Waals surface area contributed by atoms with E-state index in [0.29, 0.717) is 31.0 Å². The zero-order chi connectivity index (χ0) is 16.4. The van der Waals surface area contributed by atoms with Gasteiger partial charge in [-0.15, -0.1) is 11.3 Å². The van der Waals surface area contributed by atoms with Crippen molar-refractivity contribution in [2.75, 3.05) is 19.7 Å². The summed E-state index contributed by atoms with van der Waals surface area (Å²) in [7, 11) is 0. The lowest BCUT2D eigenvalue weighted by Gasteiger charge is -2.30. The molecule has 0 bridgehead atoms. The molecule has 1 aliphatic heterocycles. The van der Waals surface area contributed by atoms with Crippen molar-refractivity contribution >= 4 is 17.2 Å². The second-order valence-electron chi connectivity index (χ2n) is 5.76. The van der Waals surface area contributed by atoms with Crippen molar-refractivity contribution in [1.29, 1.82) is 0 Å². The van der Waals surface area contributed by atoms with Gasteiger partial charge in [-0.05, 0) is 31.5 Å². The van der Waals surface area contributed by atoms with Gasteiger partial charge in [0.05, 0.1) is 23.4 Å². The van der Waals surface area contributed by atoms with Crippen LogP contribution in [0.5, 0.6) is 0 Å². The molecule has 3 rings (SSSR count). The molecule has 1 amide bonds. The number of aromatic nitrogens is 1. The molecular formula is C17H19FN2O2S. The maximum atomic E-state index is 13.0. The molecule has 1 atom stereocenters. The molecule has 4 nitrogen and oxygen atoms in total. The van der Waals surface area contributed by atoms with Crippen LogP contribution in [-0.2, 0) is 11.2 Å². The summed E-state index contributed by atoms with van der Waals surface area (Å²) in [4.78, 5) is 19.7. The van der Waals surface area contributed by atoms with Crippen LogP contribution in [-0.4, -0.2) is 41.6 Å². The fourth-order valence-corrected chi connectivity index (χ4v) is 3.72. The summed E-state index contributed by atoms with van der Waals surface area (Å²) in [5.41, 5.74) is 1.75. The van der Waals surface area contributed by atoms with Crippen LogP contribution in [0, 0.1) is 12.7 Å². The molecule has 2 aromatic rings. The van der Waals surface area contributed by atoms with E-state index in [2.05, 4.69) is 4.98 Å². The first kappa shape index (κ1) is 16.1. The highest BCUT2D eigenvalue weighted by molar-refractivity contribution is 7.13. The Balaban J connectivity index is 1.75. The van der Waals surface area contributed by atoms with E-state index >= 15 is 0 Å². The lowest BCUT2D eigenvalue weighted by atomic mass is 10.1. The molecule has 2 heterocycles. The quantitative estimate of drug-likeness (QED) is 0.866. The molecule has 1 aliphatic rings. The van der Waals surface area contributed by atoms with E-state index in [1.807, 2.05) is 18.7 Å². The maximum Gasteiger partial charge on any atom is 0.266 e. The predicted molar refractivity (Wildman–Crippen MR) is 87.4 cm³/mol. The number of aryl methyl sites for hydroxylation is 1. The van der Waals surface area contributed by atoms with Crippen molar-refractivity contribution in [3.05, 3.63) is 51.2 Å². The highest BCUT2D eigenvalue weighted by Gasteiger charge is 2.25. The molecule has 1 aromatic heterocycles. The zero-order valence-electron chi connectivity index (χ0n) is 13.2. The first-order valence-corrected chi connectivity index (χ1v) is 8.46. The predicted octanol–water partition coefficient (Wildman–Crippen LogP) is 3.04. The number of hydrogen-bond donors (Lipinski definition) is 0. The smallest absolute Gasteiger partial charge is 0.266 e. The van der Waals surface area contributed by atoms with Gasteiger partial charge < -0.3 is 9.64 Å². The number of halogens is 1. The van der Waals surface area contributed by atoms with Gasteiger partial charge >= 0.3 is 0 Å². The number of rotatable bonds is 3. The lowest BCUT2D eigenvalue weighted by Crippen LogP contribution is -2.44. The van der Waals surface area contributed by atoms with E-state index in [1.54, 1.807) is 12.1 Å². The highest BCUT2D eigenvalue weighted by atomic mass is 32.1. The number of nitrogens with zero attached hydrogens (tertiary/aromatic N) is 2. The number of hydrogen-bond acceptors (Lipinski definition) is 4. The number of ether oxygens (including phenoxy) is 1. The third-order valence-electron chi connectivity index (χ3n) is 3.83. The Kier molecular flexibility index (Phi) is 4.73. The van der Waals surface area contributed by atoms with Gasteiger partial charge in [0, 0.05) is 19.5 Å². The third kappa shape index (κ3) is 3.76. The van der Waals surface area contributed by atoms with Crippen molar-refractivity contribution < 1.29 is 13.9 Å². The van der Waals surface area contributed by atoms with E-state index in [0.717, 1.165) is 16.3 Å². The molecule has 1 aromatic carbocycles. The molecule has 1 fully saturated rings. The first-order chi connectivity index (χ1) is 11.0. The number of thiazole rings is 1. The Bertz CT molecular complexity index is 699. The standard InChI is InChI=1S/C17H19FN2O2S/c1-11-10-20(7-8-22-11)17(21)16-12(2)19-15(23-16)9-13-3-5-14(18)6-4-13/h3-6,11H,7-10H2,1-2H3/t11-/m0/s1. The molecule has 6 heteroatoms. The second-order valence-corrected chi connectivity index (χ2v) is 6.84. The summed E-state index contributed by atoms with van der Waals surface area (Å²) in [6, 6.07) is 6.38. The summed E-state index contributed by atoms with van der Waals surface area (Å²) in [5, 5.41) is 0.874. The average molecular weight is 334 g/mol. The number of carbonyl (C=O) groups excluding carboxylic acids is 1. The SMILES string of the molecule is Cc1nc(Cc2ccc(F)cc2)sc1C(=O)N1CCO[C@@H](C)C1. The van der Waals surface area contributed by atoms with Gasteiger partial charge in [0.15, 0.2) is 0 Å². The van der Waals surface area contributed by atoms with E-state index in [4.69, 9.17) is 4.74 Å². The van der Waals surface area contributed by atoms with Crippen LogP contribution in [0.2, 0.25) is 0 Å².